The van der Waals surface area contributed by atoms with E-state index in [0.29, 0.717) is 26.4 Å². The van der Waals surface area contributed by atoms with Gasteiger partial charge in [0.1, 0.15) is 0 Å². The van der Waals surface area contributed by atoms with E-state index in [1.807, 2.05) is 42.2 Å². The van der Waals surface area contributed by atoms with Crippen LogP contribution in [0.25, 0.3) is 16.9 Å². The fourth-order valence-corrected chi connectivity index (χ4v) is 9.64. The number of piperazine rings is 1. The molecule has 4 aliphatic carbocycles. The van der Waals surface area contributed by atoms with Crippen LogP contribution in [0.3, 0.4) is 0 Å². The van der Waals surface area contributed by atoms with Crippen molar-refractivity contribution in [2.75, 3.05) is 32.7 Å². The molecule has 228 valence electrons. The summed E-state index contributed by atoms with van der Waals surface area (Å²) in [5.74, 6) is 5.18. The molecule has 8 rings (SSSR count). The van der Waals surface area contributed by atoms with E-state index < -0.39 is 0 Å². The van der Waals surface area contributed by atoms with Crippen LogP contribution in [0.1, 0.15) is 67.4 Å². The molecule has 0 unspecified atom stereocenters. The summed E-state index contributed by atoms with van der Waals surface area (Å²) in [4.78, 5) is 18.4. The summed E-state index contributed by atoms with van der Waals surface area (Å²) in [7, 11) is 0. The van der Waals surface area contributed by atoms with Gasteiger partial charge in [-0.2, -0.15) is 5.10 Å². The van der Waals surface area contributed by atoms with E-state index in [0.717, 1.165) is 79.1 Å². The molecule has 2 aromatic carbocycles. The minimum Gasteiger partial charge on any atom is -0.335 e. The minimum atomic E-state index is -0.0295. The van der Waals surface area contributed by atoms with Gasteiger partial charge in [-0.25, -0.2) is 4.68 Å². The maximum Gasteiger partial charge on any atom is 0.274 e. The second-order valence-corrected chi connectivity index (χ2v) is 14.8. The fourth-order valence-electron chi connectivity index (χ4n) is 9.02. The summed E-state index contributed by atoms with van der Waals surface area (Å²) in [6.07, 6.45) is 11.7. The van der Waals surface area contributed by atoms with Gasteiger partial charge in [0, 0.05) is 47.4 Å². The third-order valence-corrected chi connectivity index (χ3v) is 11.7. The van der Waals surface area contributed by atoms with E-state index in [1.54, 1.807) is 16.8 Å². The van der Waals surface area contributed by atoms with Crippen molar-refractivity contribution in [2.45, 2.75) is 58.3 Å². The van der Waals surface area contributed by atoms with Crippen LogP contribution in [0.5, 0.6) is 0 Å². The second-order valence-electron chi connectivity index (χ2n) is 13.6. The predicted octanol–water partition coefficient (Wildman–Crippen LogP) is 8.81. The molecule has 0 spiro atoms. The molecule has 5 nitrogen and oxygen atoms in total. The average molecular weight is 640 g/mol. The maximum atomic E-state index is 13.9. The van der Waals surface area contributed by atoms with Crippen LogP contribution in [-0.2, 0) is 0 Å². The summed E-state index contributed by atoms with van der Waals surface area (Å²) >= 11 is 19.0. The van der Waals surface area contributed by atoms with E-state index in [-0.39, 0.29) is 5.91 Å². The number of rotatable bonds is 8. The Labute approximate surface area is 270 Å². The molecule has 3 aromatic rings. The summed E-state index contributed by atoms with van der Waals surface area (Å²) in [6, 6.07) is 12.9. The third kappa shape index (κ3) is 6.00. The number of benzene rings is 2. The smallest absolute Gasteiger partial charge is 0.274 e. The highest BCUT2D eigenvalue weighted by atomic mass is 35.5. The molecule has 5 aliphatic rings. The highest BCUT2D eigenvalue weighted by Gasteiger charge is 2.47. The van der Waals surface area contributed by atoms with Crippen LogP contribution in [-0.4, -0.2) is 58.2 Å². The Kier molecular flexibility index (Phi) is 8.54. The summed E-state index contributed by atoms with van der Waals surface area (Å²) in [6.45, 7) is 6.37. The van der Waals surface area contributed by atoms with Gasteiger partial charge < -0.3 is 4.90 Å². The molecule has 2 heterocycles. The Morgan fingerprint density at radius 2 is 1.49 bits per heavy atom. The molecule has 0 radical (unpaired) electrons. The zero-order valence-corrected chi connectivity index (χ0v) is 27.2. The van der Waals surface area contributed by atoms with Crippen LogP contribution in [0.2, 0.25) is 15.1 Å². The van der Waals surface area contributed by atoms with E-state index in [4.69, 9.17) is 39.9 Å². The molecule has 8 heteroatoms. The van der Waals surface area contributed by atoms with Gasteiger partial charge in [-0.15, -0.1) is 0 Å². The monoisotopic (exact) mass is 638 g/mol. The Morgan fingerprint density at radius 1 is 0.837 bits per heavy atom. The van der Waals surface area contributed by atoms with E-state index >= 15 is 0 Å². The Bertz CT molecular complexity index is 1450. The molecule has 4 saturated carbocycles. The second kappa shape index (κ2) is 12.4. The van der Waals surface area contributed by atoms with Gasteiger partial charge in [0.25, 0.3) is 5.91 Å². The van der Waals surface area contributed by atoms with Crippen LogP contribution in [0.4, 0.5) is 0 Å². The first-order valence-corrected chi connectivity index (χ1v) is 17.3. The van der Waals surface area contributed by atoms with E-state index in [9.17, 15) is 4.79 Å². The lowest BCUT2D eigenvalue weighted by Crippen LogP contribution is -2.49. The van der Waals surface area contributed by atoms with Gasteiger partial charge in [0.15, 0.2) is 5.69 Å². The normalized spacial score (nSPS) is 26.8. The number of unbranched alkanes of at least 4 members (excludes halogenated alkanes) is 1. The zero-order chi connectivity index (χ0) is 29.7. The topological polar surface area (TPSA) is 41.4 Å². The van der Waals surface area contributed by atoms with Crippen molar-refractivity contribution >= 4 is 40.7 Å². The molecule has 1 saturated heterocycles. The first kappa shape index (κ1) is 29.6. The van der Waals surface area contributed by atoms with Crippen LogP contribution in [0.15, 0.2) is 42.5 Å². The number of hydrogen-bond donors (Lipinski definition) is 0. The molecule has 5 fully saturated rings. The van der Waals surface area contributed by atoms with E-state index in [2.05, 4.69) is 4.90 Å². The minimum absolute atomic E-state index is 0.0295. The molecule has 0 N–H and O–H groups in total. The van der Waals surface area contributed by atoms with E-state index in [1.165, 1.54) is 51.4 Å². The lowest BCUT2D eigenvalue weighted by atomic mass is 9.51. The lowest BCUT2D eigenvalue weighted by molar-refractivity contribution is -0.0406. The highest BCUT2D eigenvalue weighted by Crippen LogP contribution is 2.57. The molecule has 43 heavy (non-hydrogen) atoms. The number of carbonyl (C=O) groups excluding carboxylic acids is 1. The van der Waals surface area contributed by atoms with Crippen molar-refractivity contribution in [3.63, 3.8) is 0 Å². The van der Waals surface area contributed by atoms with Crippen LogP contribution >= 0.6 is 34.8 Å². The van der Waals surface area contributed by atoms with Crippen molar-refractivity contribution in [3.05, 3.63) is 68.8 Å². The van der Waals surface area contributed by atoms with Crippen molar-refractivity contribution in [3.8, 4) is 16.9 Å². The molecule has 1 aromatic heterocycles. The average Bonchev–Trinajstić information content (AvgIpc) is 3.33. The Balaban J connectivity index is 0.987. The third-order valence-electron chi connectivity index (χ3n) is 10.9. The molecular weight excluding hydrogens is 599 g/mol. The van der Waals surface area contributed by atoms with Crippen molar-refractivity contribution in [1.29, 1.82) is 0 Å². The standard InChI is InChI=1S/C35H41Cl3N4O/c1-22-33(39-42(32-10-9-29(37)21-31(32)38)34(22)25-5-7-28(36)8-6-25)35(43)41-14-12-40(13-15-41)11-3-2-4-30-26-17-23-16-24(19-26)20-27(30)18-23/h5-10,21,23-24,26-27,30H,2-4,11-20H2,1H3/t23-,24+,26-,27+,30?. The molecular formula is C35H41Cl3N4O. The lowest BCUT2D eigenvalue weighted by Gasteiger charge is -2.54. The molecule has 1 amide bonds. The first-order chi connectivity index (χ1) is 20.8. The number of halogens is 3. The maximum absolute atomic E-state index is 13.9. The van der Waals surface area contributed by atoms with Crippen LogP contribution < -0.4 is 0 Å². The van der Waals surface area contributed by atoms with Gasteiger partial charge >= 0.3 is 0 Å². The first-order valence-electron chi connectivity index (χ1n) is 16.2. The number of amides is 1. The SMILES string of the molecule is Cc1c(C(=O)N2CCN(CCCCC3[C@H]4C[C@@H]5C[C@@H](C[C@H]3C5)C4)CC2)nn(-c2ccc(Cl)cc2Cl)c1-c1ccc(Cl)cc1. The van der Waals surface area contributed by atoms with Gasteiger partial charge in [-0.3, -0.25) is 9.69 Å². The van der Waals surface area contributed by atoms with Crippen molar-refractivity contribution in [2.24, 2.45) is 29.6 Å². The molecule has 4 bridgehead atoms. The number of hydrogen-bond acceptors (Lipinski definition) is 3. The largest absolute Gasteiger partial charge is 0.335 e. The van der Waals surface area contributed by atoms with Crippen molar-refractivity contribution in [1.82, 2.24) is 19.6 Å². The highest BCUT2D eigenvalue weighted by molar-refractivity contribution is 6.35. The Morgan fingerprint density at radius 3 is 2.14 bits per heavy atom. The quantitative estimate of drug-likeness (QED) is 0.231. The fraction of sp³-hybridized carbons (Fsp3) is 0.543. The van der Waals surface area contributed by atoms with Crippen LogP contribution in [0, 0.1) is 36.5 Å². The number of nitrogens with zero attached hydrogens (tertiary/aromatic N) is 4. The molecule has 0 atom stereocenters. The van der Waals surface area contributed by atoms with Gasteiger partial charge in [-0.05, 0) is 118 Å². The Hall–Kier alpha value is -2.05. The zero-order valence-electron chi connectivity index (χ0n) is 25.0. The summed E-state index contributed by atoms with van der Waals surface area (Å²) < 4.78 is 1.77. The van der Waals surface area contributed by atoms with Crippen molar-refractivity contribution < 1.29 is 4.79 Å². The van der Waals surface area contributed by atoms with Gasteiger partial charge in [-0.1, -0.05) is 53.4 Å². The summed E-state index contributed by atoms with van der Waals surface area (Å²) in [5.41, 5.74) is 3.70. The predicted molar refractivity (Wildman–Crippen MR) is 175 cm³/mol. The number of aromatic nitrogens is 2. The molecule has 1 aliphatic heterocycles. The number of carbonyl (C=O) groups is 1. The summed E-state index contributed by atoms with van der Waals surface area (Å²) in [5, 5.41) is 6.53. The van der Waals surface area contributed by atoms with Gasteiger partial charge in [0.05, 0.1) is 16.4 Å². The van der Waals surface area contributed by atoms with Gasteiger partial charge in [0.2, 0.25) is 0 Å².